The highest BCUT2D eigenvalue weighted by atomic mass is 19.1. The number of carboxylic acids is 1. The van der Waals surface area contributed by atoms with Crippen LogP contribution in [0.2, 0.25) is 0 Å². The van der Waals surface area contributed by atoms with Gasteiger partial charge in [-0.15, -0.1) is 0 Å². The van der Waals surface area contributed by atoms with Crippen molar-refractivity contribution in [3.8, 4) is 0 Å². The number of halogens is 2. The number of aromatic nitrogens is 4. The van der Waals surface area contributed by atoms with Crippen LogP contribution >= 0.6 is 0 Å². The number of aromatic amines is 2. The van der Waals surface area contributed by atoms with Crippen molar-refractivity contribution in [1.82, 2.24) is 25.3 Å². The summed E-state index contributed by atoms with van der Waals surface area (Å²) in [5.74, 6) is -3.04. The van der Waals surface area contributed by atoms with Gasteiger partial charge < -0.3 is 15.1 Å². The second kappa shape index (κ2) is 14.6. The monoisotopic (exact) mass is 679 g/mol. The first-order valence-corrected chi connectivity index (χ1v) is 15.8. The lowest BCUT2D eigenvalue weighted by Gasteiger charge is -2.29. The first-order valence-electron chi connectivity index (χ1n) is 15.8. The second-order valence-electron chi connectivity index (χ2n) is 11.9. The van der Waals surface area contributed by atoms with Gasteiger partial charge in [-0.3, -0.25) is 14.4 Å². The minimum absolute atomic E-state index is 0.0163. The fraction of sp³-hybridized carbons (Fsp3) is 0.189. The summed E-state index contributed by atoms with van der Waals surface area (Å²) < 4.78 is 27.8. The van der Waals surface area contributed by atoms with E-state index < -0.39 is 23.7 Å². The van der Waals surface area contributed by atoms with E-state index in [4.69, 9.17) is 5.11 Å². The predicted octanol–water partition coefficient (Wildman–Crippen LogP) is 4.60. The number of fused-ring (bicyclic) bond motifs is 2. The van der Waals surface area contributed by atoms with Gasteiger partial charge in [0.05, 0.1) is 39.4 Å². The Kier molecular flexibility index (Phi) is 9.86. The van der Waals surface area contributed by atoms with Crippen molar-refractivity contribution in [2.24, 2.45) is 0 Å². The highest BCUT2D eigenvalue weighted by Gasteiger charge is 2.25. The molecular formula is C37H31F2N5O6. The minimum Gasteiger partial charge on any atom is -0.478 e. The minimum atomic E-state index is -1.32. The van der Waals surface area contributed by atoms with Gasteiger partial charge in [0, 0.05) is 36.7 Å². The summed E-state index contributed by atoms with van der Waals surface area (Å²) in [5.41, 5.74) is 1.66. The van der Waals surface area contributed by atoms with Crippen molar-refractivity contribution in [1.29, 1.82) is 0 Å². The summed E-state index contributed by atoms with van der Waals surface area (Å²) in [5, 5.41) is 34.1. The molecule has 1 amide bonds. The van der Waals surface area contributed by atoms with Crippen LogP contribution in [0.4, 0.5) is 8.78 Å². The van der Waals surface area contributed by atoms with Crippen molar-refractivity contribution in [2.45, 2.75) is 31.8 Å². The van der Waals surface area contributed by atoms with Crippen LogP contribution in [0, 0.1) is 11.6 Å². The number of nitrogens with one attached hydrogen (secondary N) is 2. The number of aliphatic hydroxyl groups is 1. The Morgan fingerprint density at radius 2 is 1.14 bits per heavy atom. The molecule has 13 heteroatoms. The summed E-state index contributed by atoms with van der Waals surface area (Å²) in [6.07, 6.45) is 1.24. The second-order valence-corrected chi connectivity index (χ2v) is 11.9. The smallest absolute Gasteiger partial charge is 0.338 e. The Morgan fingerprint density at radius 1 is 0.700 bits per heavy atom. The molecule has 0 aliphatic carbocycles. The van der Waals surface area contributed by atoms with Crippen LogP contribution in [0.25, 0.3) is 21.5 Å². The van der Waals surface area contributed by atoms with E-state index in [0.29, 0.717) is 65.5 Å². The summed E-state index contributed by atoms with van der Waals surface area (Å²) >= 11 is 0. The van der Waals surface area contributed by atoms with Crippen molar-refractivity contribution in [3.05, 3.63) is 151 Å². The Balaban J connectivity index is 0.000000178. The van der Waals surface area contributed by atoms with E-state index in [1.165, 1.54) is 18.2 Å². The fourth-order valence-electron chi connectivity index (χ4n) is 5.93. The van der Waals surface area contributed by atoms with Gasteiger partial charge >= 0.3 is 5.97 Å². The highest BCUT2D eigenvalue weighted by Crippen LogP contribution is 2.22. The van der Waals surface area contributed by atoms with E-state index in [1.54, 1.807) is 53.4 Å². The molecule has 1 aliphatic heterocycles. The topological polar surface area (TPSA) is 169 Å². The molecule has 1 aliphatic rings. The lowest BCUT2D eigenvalue weighted by Crippen LogP contribution is -2.40. The molecule has 1 saturated heterocycles. The van der Waals surface area contributed by atoms with Gasteiger partial charge in [0.1, 0.15) is 11.6 Å². The molecule has 0 saturated carbocycles. The molecular weight excluding hydrogens is 648 g/mol. The summed E-state index contributed by atoms with van der Waals surface area (Å²) in [7, 11) is 0. The van der Waals surface area contributed by atoms with Crippen LogP contribution in [0.3, 0.4) is 0 Å². The van der Waals surface area contributed by atoms with Gasteiger partial charge in [0.2, 0.25) is 0 Å². The number of aliphatic hydroxyl groups excluding tert-OH is 1. The summed E-state index contributed by atoms with van der Waals surface area (Å²) in [6.45, 7) is 0.825. The maximum atomic E-state index is 14.3. The molecule has 0 radical (unpaired) electrons. The van der Waals surface area contributed by atoms with Gasteiger partial charge in [-0.25, -0.2) is 23.8 Å². The number of rotatable bonds is 6. The van der Waals surface area contributed by atoms with E-state index in [-0.39, 0.29) is 34.6 Å². The maximum absolute atomic E-state index is 14.3. The molecule has 0 atom stereocenters. The summed E-state index contributed by atoms with van der Waals surface area (Å²) in [6, 6.07) is 22.5. The highest BCUT2D eigenvalue weighted by molar-refractivity contribution is 5.95. The van der Waals surface area contributed by atoms with Crippen LogP contribution in [-0.2, 0) is 12.8 Å². The molecule has 11 nitrogen and oxygen atoms in total. The fourth-order valence-corrected chi connectivity index (χ4v) is 5.93. The largest absolute Gasteiger partial charge is 0.478 e. The molecule has 6 aromatic rings. The normalized spacial score (nSPS) is 13.2. The Hall–Kier alpha value is -6.08. The molecule has 0 spiro atoms. The van der Waals surface area contributed by atoms with E-state index in [1.807, 2.05) is 12.1 Å². The summed E-state index contributed by atoms with van der Waals surface area (Å²) in [4.78, 5) is 48.9. The van der Waals surface area contributed by atoms with Crippen molar-refractivity contribution < 1.29 is 28.6 Å². The molecule has 7 rings (SSSR count). The van der Waals surface area contributed by atoms with Gasteiger partial charge in [0.25, 0.3) is 17.0 Å². The molecule has 50 heavy (non-hydrogen) atoms. The molecule has 1 fully saturated rings. The predicted molar refractivity (Wildman–Crippen MR) is 181 cm³/mol. The number of hydrogen-bond donors (Lipinski definition) is 4. The number of carbonyl (C=O) groups is 2. The number of likely N-dealkylation sites (tertiary alicyclic amines) is 1. The number of nitrogens with zero attached hydrogens (tertiary/aromatic N) is 3. The van der Waals surface area contributed by atoms with Gasteiger partial charge in [-0.05, 0) is 60.4 Å². The SMILES string of the molecule is O=C(O)c1cc(Cc2n[nH]c(=O)c3ccccc23)ccc1F.O=C(c1cc(Cc2n[nH]c(=O)c3ccccc23)ccc1F)N1CCC(O)CC1. The van der Waals surface area contributed by atoms with Crippen molar-refractivity contribution in [3.63, 3.8) is 0 Å². The van der Waals surface area contributed by atoms with E-state index >= 15 is 0 Å². The first kappa shape index (κ1) is 33.8. The molecule has 4 aromatic carbocycles. The molecule has 3 heterocycles. The molecule has 4 N–H and O–H groups in total. The third kappa shape index (κ3) is 7.32. The number of amides is 1. The molecule has 0 unspecified atom stereocenters. The van der Waals surface area contributed by atoms with Crippen LogP contribution in [0.5, 0.6) is 0 Å². The quantitative estimate of drug-likeness (QED) is 0.198. The Morgan fingerprint density at radius 3 is 1.62 bits per heavy atom. The van der Waals surface area contributed by atoms with Crippen LogP contribution in [-0.4, -0.2) is 66.6 Å². The molecule has 2 aromatic heterocycles. The first-order chi connectivity index (χ1) is 24.1. The van der Waals surface area contributed by atoms with Crippen LogP contribution in [0.1, 0.15) is 56.1 Å². The number of benzene rings is 4. The van der Waals surface area contributed by atoms with Gasteiger partial charge in [0.15, 0.2) is 0 Å². The zero-order chi connectivity index (χ0) is 35.4. The van der Waals surface area contributed by atoms with Gasteiger partial charge in [-0.2, -0.15) is 10.2 Å². The third-order valence-corrected chi connectivity index (χ3v) is 8.57. The maximum Gasteiger partial charge on any atom is 0.338 e. The van der Waals surface area contributed by atoms with Crippen molar-refractivity contribution in [2.75, 3.05) is 13.1 Å². The third-order valence-electron chi connectivity index (χ3n) is 8.57. The van der Waals surface area contributed by atoms with Crippen molar-refractivity contribution >= 4 is 33.4 Å². The number of carboxylic acid groups (broad SMARTS) is 1. The number of aromatic carboxylic acids is 1. The number of carbonyl (C=O) groups excluding carboxylic acids is 1. The Bertz CT molecular complexity index is 2350. The number of piperidine rings is 1. The molecule has 254 valence electrons. The average molecular weight is 680 g/mol. The van der Waals surface area contributed by atoms with Crippen LogP contribution in [0.15, 0.2) is 94.5 Å². The van der Waals surface area contributed by atoms with E-state index in [0.717, 1.165) is 17.0 Å². The van der Waals surface area contributed by atoms with Crippen LogP contribution < -0.4 is 11.1 Å². The zero-order valence-corrected chi connectivity index (χ0v) is 26.5. The van der Waals surface area contributed by atoms with Gasteiger partial charge in [-0.1, -0.05) is 48.5 Å². The van der Waals surface area contributed by atoms with E-state index in [9.17, 15) is 33.1 Å². The standard InChI is InChI=1S/C21H20FN3O3.C16H11FN2O3/c22-18-6-5-13(11-17(18)21(28)25-9-7-14(26)8-10-25)12-19-15-3-1-2-4-16(15)20(27)24-23-19;17-13-6-5-9(7-12(13)16(21)22)8-14-10-3-1-2-4-11(10)15(20)19-18-14/h1-6,11,14,26H,7-10,12H2,(H,24,27);1-7H,8H2,(H,19,20)(H,21,22). The molecule has 0 bridgehead atoms. The zero-order valence-electron chi connectivity index (χ0n) is 26.5. The lowest BCUT2D eigenvalue weighted by atomic mass is 10.0. The Labute approximate surface area is 282 Å². The lowest BCUT2D eigenvalue weighted by molar-refractivity contribution is 0.0542. The number of hydrogen-bond acceptors (Lipinski definition) is 7. The number of H-pyrrole nitrogens is 2. The average Bonchev–Trinajstić information content (AvgIpc) is 3.12. The van der Waals surface area contributed by atoms with E-state index in [2.05, 4.69) is 20.4 Å².